The van der Waals surface area contributed by atoms with Crippen molar-refractivity contribution < 1.29 is 23.5 Å². The van der Waals surface area contributed by atoms with Gasteiger partial charge in [-0.15, -0.1) is 10.2 Å². The quantitative estimate of drug-likeness (QED) is 0.142. The van der Waals surface area contributed by atoms with Crippen molar-refractivity contribution >= 4 is 50.9 Å². The van der Waals surface area contributed by atoms with Crippen LogP contribution < -0.4 is 4.90 Å². The lowest BCUT2D eigenvalue weighted by Crippen LogP contribution is -2.31. The summed E-state index contributed by atoms with van der Waals surface area (Å²) in [6.45, 7) is 0. The SMILES string of the molecule is O=C(C1=C(O)C(=O)N(c2nnc(SCc3ccc(F)cc3)s2)C1c1ccccc1)c1cc2ccccc2o1. The van der Waals surface area contributed by atoms with Gasteiger partial charge >= 0.3 is 0 Å². The monoisotopic (exact) mass is 543 g/mol. The molecule has 188 valence electrons. The molecule has 0 radical (unpaired) electrons. The summed E-state index contributed by atoms with van der Waals surface area (Å²) < 4.78 is 19.5. The van der Waals surface area contributed by atoms with Crippen molar-refractivity contribution in [1.82, 2.24) is 10.2 Å². The van der Waals surface area contributed by atoms with Crippen molar-refractivity contribution in [2.75, 3.05) is 4.90 Å². The Labute approximate surface area is 224 Å². The molecule has 7 nitrogen and oxygen atoms in total. The molecule has 0 bridgehead atoms. The van der Waals surface area contributed by atoms with E-state index in [1.54, 1.807) is 54.6 Å². The maximum absolute atomic E-state index is 13.7. The Bertz CT molecular complexity index is 1660. The highest BCUT2D eigenvalue weighted by atomic mass is 32.2. The highest BCUT2D eigenvalue weighted by molar-refractivity contribution is 8.00. The first kappa shape index (κ1) is 24.1. The first-order chi connectivity index (χ1) is 18.5. The van der Waals surface area contributed by atoms with Crippen molar-refractivity contribution in [3.63, 3.8) is 0 Å². The minimum absolute atomic E-state index is 0.0242. The van der Waals surface area contributed by atoms with Gasteiger partial charge in [-0.05, 0) is 35.4 Å². The Kier molecular flexibility index (Phi) is 6.26. The molecule has 3 heterocycles. The molecule has 3 aromatic carbocycles. The van der Waals surface area contributed by atoms with Crippen LogP contribution in [0.4, 0.5) is 9.52 Å². The molecule has 1 atom stereocenters. The number of amides is 1. The molecule has 1 aliphatic rings. The van der Waals surface area contributed by atoms with Crippen LogP contribution in [-0.2, 0) is 10.5 Å². The zero-order chi connectivity index (χ0) is 26.2. The Morgan fingerprint density at radius 1 is 1.03 bits per heavy atom. The Balaban J connectivity index is 1.34. The van der Waals surface area contributed by atoms with Crippen LogP contribution in [0.5, 0.6) is 0 Å². The number of aromatic nitrogens is 2. The summed E-state index contributed by atoms with van der Waals surface area (Å²) in [5.74, 6) is -1.74. The van der Waals surface area contributed by atoms with Crippen LogP contribution >= 0.6 is 23.1 Å². The third kappa shape index (κ3) is 4.37. The highest BCUT2D eigenvalue weighted by Crippen LogP contribution is 2.44. The molecule has 0 spiro atoms. The number of hydrogen-bond acceptors (Lipinski definition) is 8. The molecule has 1 amide bonds. The van der Waals surface area contributed by atoms with Crippen molar-refractivity contribution in [1.29, 1.82) is 0 Å². The van der Waals surface area contributed by atoms with E-state index in [0.717, 1.165) is 10.9 Å². The molecule has 1 unspecified atom stereocenters. The number of hydrogen-bond donors (Lipinski definition) is 1. The molecular weight excluding hydrogens is 525 g/mol. The molecule has 38 heavy (non-hydrogen) atoms. The number of benzene rings is 3. The van der Waals surface area contributed by atoms with Crippen molar-refractivity contribution in [3.05, 3.63) is 119 Å². The third-order valence-electron chi connectivity index (χ3n) is 6.09. The molecule has 1 N–H and O–H groups in total. The van der Waals surface area contributed by atoms with Gasteiger partial charge in [0.05, 0.1) is 11.6 Å². The van der Waals surface area contributed by atoms with Gasteiger partial charge < -0.3 is 9.52 Å². The molecule has 1 aliphatic heterocycles. The maximum Gasteiger partial charge on any atom is 0.296 e. The van der Waals surface area contributed by atoms with Crippen molar-refractivity contribution in [3.8, 4) is 0 Å². The number of thioether (sulfide) groups is 1. The average Bonchev–Trinajstić information content (AvgIpc) is 3.65. The van der Waals surface area contributed by atoms with Gasteiger partial charge in [0, 0.05) is 11.1 Å². The van der Waals surface area contributed by atoms with Gasteiger partial charge in [0.15, 0.2) is 15.9 Å². The Morgan fingerprint density at radius 3 is 2.53 bits per heavy atom. The number of fused-ring (bicyclic) bond motifs is 1. The number of Topliss-reactive ketones (excluding diaryl/α,β-unsaturated/α-hetero) is 1. The summed E-state index contributed by atoms with van der Waals surface area (Å²) in [6.07, 6.45) is 0. The predicted molar refractivity (Wildman–Crippen MR) is 143 cm³/mol. The predicted octanol–water partition coefficient (Wildman–Crippen LogP) is 6.50. The van der Waals surface area contributed by atoms with E-state index < -0.39 is 23.5 Å². The summed E-state index contributed by atoms with van der Waals surface area (Å²) in [6, 6.07) is 23.0. The topological polar surface area (TPSA) is 96.5 Å². The summed E-state index contributed by atoms with van der Waals surface area (Å²) in [4.78, 5) is 28.3. The molecule has 5 aromatic rings. The van der Waals surface area contributed by atoms with E-state index in [0.29, 0.717) is 21.2 Å². The van der Waals surface area contributed by atoms with Crippen LogP contribution in [0.15, 0.2) is 105 Å². The zero-order valence-electron chi connectivity index (χ0n) is 19.6. The number of aliphatic hydroxyl groups is 1. The van der Waals surface area contributed by atoms with Crippen molar-refractivity contribution in [2.45, 2.75) is 16.1 Å². The van der Waals surface area contributed by atoms with E-state index in [4.69, 9.17) is 4.42 Å². The fourth-order valence-electron chi connectivity index (χ4n) is 4.30. The fraction of sp³-hybridized carbons (Fsp3) is 0.0714. The minimum Gasteiger partial charge on any atom is -0.503 e. The molecule has 0 aliphatic carbocycles. The minimum atomic E-state index is -0.924. The first-order valence-electron chi connectivity index (χ1n) is 11.6. The van der Waals surface area contributed by atoms with Gasteiger partial charge in [0.1, 0.15) is 11.4 Å². The normalized spacial score (nSPS) is 15.6. The number of para-hydroxylation sites is 1. The molecule has 10 heteroatoms. The van der Waals surface area contributed by atoms with E-state index in [-0.39, 0.29) is 22.3 Å². The summed E-state index contributed by atoms with van der Waals surface area (Å²) in [5.41, 5.74) is 1.97. The van der Waals surface area contributed by atoms with Gasteiger partial charge in [0.2, 0.25) is 10.9 Å². The number of furan rings is 1. The van der Waals surface area contributed by atoms with E-state index >= 15 is 0 Å². The number of anilines is 1. The summed E-state index contributed by atoms with van der Waals surface area (Å²) in [5, 5.41) is 20.3. The standard InChI is InChI=1S/C28H18FN3O4S2/c29-19-12-10-16(11-13-19)15-37-28-31-30-27(38-28)32-23(17-6-2-1-3-7-17)22(25(34)26(32)35)24(33)21-14-18-8-4-5-9-20(18)36-21/h1-14,23,34H,15H2. The van der Waals surface area contributed by atoms with Gasteiger partial charge in [-0.2, -0.15) is 0 Å². The zero-order valence-corrected chi connectivity index (χ0v) is 21.2. The van der Waals surface area contributed by atoms with E-state index in [9.17, 15) is 19.1 Å². The number of ketones is 1. The van der Waals surface area contributed by atoms with Gasteiger partial charge in [-0.1, -0.05) is 83.8 Å². The number of aliphatic hydroxyl groups excluding tert-OH is 1. The number of nitrogens with zero attached hydrogens (tertiary/aromatic N) is 3. The fourth-order valence-corrected chi connectivity index (χ4v) is 6.12. The van der Waals surface area contributed by atoms with Gasteiger partial charge in [-0.3, -0.25) is 14.5 Å². The molecule has 0 saturated heterocycles. The van der Waals surface area contributed by atoms with Gasteiger partial charge in [0.25, 0.3) is 5.91 Å². The summed E-state index contributed by atoms with van der Waals surface area (Å²) in [7, 11) is 0. The van der Waals surface area contributed by atoms with Gasteiger partial charge in [-0.25, -0.2) is 4.39 Å². The smallest absolute Gasteiger partial charge is 0.296 e. The number of carbonyl (C=O) groups is 2. The lowest BCUT2D eigenvalue weighted by molar-refractivity contribution is -0.117. The average molecular weight is 544 g/mol. The Hall–Kier alpha value is -4.28. The number of carbonyl (C=O) groups excluding carboxylic acids is 2. The molecule has 0 saturated carbocycles. The number of halogens is 1. The number of rotatable bonds is 7. The van der Waals surface area contributed by atoms with Crippen LogP contribution in [0, 0.1) is 5.82 Å². The Morgan fingerprint density at radius 2 is 1.76 bits per heavy atom. The van der Waals surface area contributed by atoms with Crippen LogP contribution in [0.2, 0.25) is 0 Å². The van der Waals surface area contributed by atoms with Crippen LogP contribution in [0.25, 0.3) is 11.0 Å². The van der Waals surface area contributed by atoms with Crippen LogP contribution in [0.3, 0.4) is 0 Å². The van der Waals surface area contributed by atoms with Crippen molar-refractivity contribution in [2.24, 2.45) is 0 Å². The van der Waals surface area contributed by atoms with E-state index in [1.807, 2.05) is 18.2 Å². The second kappa shape index (κ2) is 9.88. The van der Waals surface area contributed by atoms with Crippen LogP contribution in [0.1, 0.15) is 27.7 Å². The van der Waals surface area contributed by atoms with Crippen LogP contribution in [-0.4, -0.2) is 27.0 Å². The second-order valence-electron chi connectivity index (χ2n) is 8.49. The first-order valence-corrected chi connectivity index (χ1v) is 13.4. The third-order valence-corrected chi connectivity index (χ3v) is 8.22. The second-order valence-corrected chi connectivity index (χ2v) is 10.7. The molecule has 2 aromatic heterocycles. The largest absolute Gasteiger partial charge is 0.503 e. The lowest BCUT2D eigenvalue weighted by Gasteiger charge is -2.23. The summed E-state index contributed by atoms with van der Waals surface area (Å²) >= 11 is 2.56. The molecule has 0 fully saturated rings. The van der Waals surface area contributed by atoms with E-state index in [2.05, 4.69) is 10.2 Å². The highest BCUT2D eigenvalue weighted by Gasteiger charge is 2.46. The molecular formula is C28H18FN3O4S2. The lowest BCUT2D eigenvalue weighted by atomic mass is 9.95. The maximum atomic E-state index is 13.7. The van der Waals surface area contributed by atoms with E-state index in [1.165, 1.54) is 40.1 Å². The molecule has 6 rings (SSSR count).